The van der Waals surface area contributed by atoms with Crippen molar-refractivity contribution in [3.8, 4) is 0 Å². The molecule has 0 aromatic carbocycles. The second-order valence-electron chi connectivity index (χ2n) is 5.26. The number of carboxylic acid groups (broad SMARTS) is 1. The van der Waals surface area contributed by atoms with E-state index in [1.807, 2.05) is 0 Å². The lowest BCUT2D eigenvalue weighted by atomic mass is 9.77. The summed E-state index contributed by atoms with van der Waals surface area (Å²) in [5, 5.41) is 8.83. The Morgan fingerprint density at radius 3 is 2.30 bits per heavy atom. The van der Waals surface area contributed by atoms with E-state index < -0.39 is 11.4 Å². The number of hydrogen-bond acceptors (Lipinski definition) is 4. The van der Waals surface area contributed by atoms with Crippen LogP contribution in [0, 0.1) is 6.92 Å². The van der Waals surface area contributed by atoms with Gasteiger partial charge in [-0.15, -0.1) is 0 Å². The second kappa shape index (κ2) is 6.50. The van der Waals surface area contributed by atoms with Crippen molar-refractivity contribution in [2.24, 2.45) is 0 Å². The Labute approximate surface area is 118 Å². The standard InChI is InChI=1S/C15H20O5/c1-10(16)4-6-12(17)15(3,9-8-14(18)19)13-7-5-11(2)20-13/h5,7H,4,6,8-9H2,1-3H3,(H,18,19). The molecule has 0 saturated heterocycles. The summed E-state index contributed by atoms with van der Waals surface area (Å²) in [5.41, 5.74) is -0.998. The molecule has 0 amide bonds. The molecule has 1 aromatic rings. The predicted octanol–water partition coefficient (Wildman–Crippen LogP) is 2.65. The molecule has 0 spiro atoms. The van der Waals surface area contributed by atoms with E-state index in [0.29, 0.717) is 11.5 Å². The molecule has 1 rings (SSSR count). The summed E-state index contributed by atoms with van der Waals surface area (Å²) in [4.78, 5) is 34.2. The fourth-order valence-electron chi connectivity index (χ4n) is 2.05. The van der Waals surface area contributed by atoms with Crippen LogP contribution in [-0.4, -0.2) is 22.6 Å². The number of hydrogen-bond donors (Lipinski definition) is 1. The normalized spacial score (nSPS) is 13.8. The van der Waals surface area contributed by atoms with Gasteiger partial charge in [0, 0.05) is 19.3 Å². The Morgan fingerprint density at radius 1 is 1.20 bits per heavy atom. The first-order valence-electron chi connectivity index (χ1n) is 6.57. The molecular formula is C15H20O5. The van der Waals surface area contributed by atoms with Crippen molar-refractivity contribution in [1.82, 2.24) is 0 Å². The van der Waals surface area contributed by atoms with Gasteiger partial charge in [0.15, 0.2) is 0 Å². The van der Waals surface area contributed by atoms with Gasteiger partial charge in [-0.25, -0.2) is 0 Å². The maximum absolute atomic E-state index is 12.4. The predicted molar refractivity (Wildman–Crippen MR) is 72.6 cm³/mol. The highest BCUT2D eigenvalue weighted by atomic mass is 16.4. The summed E-state index contributed by atoms with van der Waals surface area (Å²) >= 11 is 0. The van der Waals surface area contributed by atoms with Crippen molar-refractivity contribution in [3.05, 3.63) is 23.7 Å². The molecule has 0 radical (unpaired) electrons. The third-order valence-corrected chi connectivity index (χ3v) is 3.44. The van der Waals surface area contributed by atoms with Crippen molar-refractivity contribution < 1.29 is 23.9 Å². The molecule has 0 aliphatic carbocycles. The van der Waals surface area contributed by atoms with Gasteiger partial charge in [0.2, 0.25) is 0 Å². The van der Waals surface area contributed by atoms with Gasteiger partial charge in [0.05, 0.1) is 5.41 Å². The van der Waals surface area contributed by atoms with Crippen LogP contribution in [0.1, 0.15) is 51.1 Å². The zero-order chi connectivity index (χ0) is 15.3. The van der Waals surface area contributed by atoms with Crippen molar-refractivity contribution in [2.45, 2.75) is 51.9 Å². The molecule has 1 unspecified atom stereocenters. The van der Waals surface area contributed by atoms with E-state index in [2.05, 4.69) is 0 Å². The van der Waals surface area contributed by atoms with Crippen LogP contribution in [0.15, 0.2) is 16.5 Å². The minimum absolute atomic E-state index is 0.0606. The molecule has 110 valence electrons. The first-order chi connectivity index (χ1) is 9.25. The highest BCUT2D eigenvalue weighted by Crippen LogP contribution is 2.33. The van der Waals surface area contributed by atoms with Gasteiger partial charge in [0.25, 0.3) is 0 Å². The summed E-state index contributed by atoms with van der Waals surface area (Å²) in [6, 6.07) is 3.44. The highest BCUT2D eigenvalue weighted by Gasteiger charge is 2.37. The van der Waals surface area contributed by atoms with E-state index in [-0.39, 0.29) is 37.2 Å². The van der Waals surface area contributed by atoms with Gasteiger partial charge in [-0.3, -0.25) is 9.59 Å². The Kier molecular flexibility index (Phi) is 5.25. The van der Waals surface area contributed by atoms with Gasteiger partial charge >= 0.3 is 5.97 Å². The number of carbonyl (C=O) groups is 3. The van der Waals surface area contributed by atoms with E-state index >= 15 is 0 Å². The van der Waals surface area contributed by atoms with Crippen LogP contribution in [0.3, 0.4) is 0 Å². The molecule has 1 N–H and O–H groups in total. The molecule has 20 heavy (non-hydrogen) atoms. The summed E-state index contributed by atoms with van der Waals surface area (Å²) in [6.45, 7) is 4.87. The molecule has 5 nitrogen and oxygen atoms in total. The lowest BCUT2D eigenvalue weighted by molar-refractivity contribution is -0.138. The average Bonchev–Trinajstić information content (AvgIpc) is 2.80. The smallest absolute Gasteiger partial charge is 0.303 e. The van der Waals surface area contributed by atoms with Crippen LogP contribution in [0.2, 0.25) is 0 Å². The number of carbonyl (C=O) groups excluding carboxylic acids is 2. The maximum Gasteiger partial charge on any atom is 0.303 e. The van der Waals surface area contributed by atoms with Crippen molar-refractivity contribution in [2.75, 3.05) is 0 Å². The Hall–Kier alpha value is -1.91. The largest absolute Gasteiger partial charge is 0.481 e. The number of carboxylic acids is 1. The lowest BCUT2D eigenvalue weighted by Crippen LogP contribution is -2.33. The van der Waals surface area contributed by atoms with Gasteiger partial charge in [-0.2, -0.15) is 0 Å². The molecular weight excluding hydrogens is 260 g/mol. The van der Waals surface area contributed by atoms with Crippen LogP contribution in [0.5, 0.6) is 0 Å². The summed E-state index contributed by atoms with van der Waals surface area (Å²) in [7, 11) is 0. The number of aliphatic carboxylic acids is 1. The van der Waals surface area contributed by atoms with Crippen molar-refractivity contribution in [1.29, 1.82) is 0 Å². The summed E-state index contributed by atoms with van der Waals surface area (Å²) in [5.74, 6) is -0.0533. The molecule has 0 saturated carbocycles. The molecule has 1 heterocycles. The maximum atomic E-state index is 12.4. The Balaban J connectivity index is 2.96. The molecule has 5 heteroatoms. The minimum atomic E-state index is -0.998. The fourth-order valence-corrected chi connectivity index (χ4v) is 2.05. The lowest BCUT2D eigenvalue weighted by Gasteiger charge is -2.25. The van der Waals surface area contributed by atoms with Crippen molar-refractivity contribution in [3.63, 3.8) is 0 Å². The Bertz CT molecular complexity index is 514. The third kappa shape index (κ3) is 4.05. The topological polar surface area (TPSA) is 84.6 Å². The van der Waals surface area contributed by atoms with E-state index in [1.54, 1.807) is 26.0 Å². The van der Waals surface area contributed by atoms with Crippen LogP contribution >= 0.6 is 0 Å². The van der Waals surface area contributed by atoms with Gasteiger partial charge < -0.3 is 14.3 Å². The summed E-state index contributed by atoms with van der Waals surface area (Å²) in [6.07, 6.45) is 0.306. The number of aryl methyl sites for hydroxylation is 1. The monoisotopic (exact) mass is 280 g/mol. The minimum Gasteiger partial charge on any atom is -0.481 e. The molecule has 1 atom stereocenters. The van der Waals surface area contributed by atoms with E-state index in [9.17, 15) is 14.4 Å². The molecule has 1 aromatic heterocycles. The zero-order valence-corrected chi connectivity index (χ0v) is 12.1. The summed E-state index contributed by atoms with van der Waals surface area (Å²) < 4.78 is 5.51. The Morgan fingerprint density at radius 2 is 1.85 bits per heavy atom. The fraction of sp³-hybridized carbons (Fsp3) is 0.533. The molecule has 0 aliphatic heterocycles. The number of furan rings is 1. The molecule has 0 aliphatic rings. The quantitative estimate of drug-likeness (QED) is 0.791. The number of rotatable bonds is 8. The SMILES string of the molecule is CC(=O)CCC(=O)C(C)(CCC(=O)O)c1ccc(C)o1. The first kappa shape index (κ1) is 16.1. The van der Waals surface area contributed by atoms with Crippen LogP contribution in [-0.2, 0) is 19.8 Å². The van der Waals surface area contributed by atoms with E-state index in [4.69, 9.17) is 9.52 Å². The van der Waals surface area contributed by atoms with Crippen LogP contribution < -0.4 is 0 Å². The number of Topliss-reactive ketones (excluding diaryl/α,β-unsaturated/α-hetero) is 2. The second-order valence-corrected chi connectivity index (χ2v) is 5.26. The van der Waals surface area contributed by atoms with Crippen LogP contribution in [0.25, 0.3) is 0 Å². The number of ketones is 2. The zero-order valence-electron chi connectivity index (χ0n) is 12.1. The average molecular weight is 280 g/mol. The van der Waals surface area contributed by atoms with Gasteiger partial charge in [-0.1, -0.05) is 0 Å². The van der Waals surface area contributed by atoms with Crippen molar-refractivity contribution >= 4 is 17.5 Å². The van der Waals surface area contributed by atoms with Gasteiger partial charge in [0.1, 0.15) is 23.1 Å². The van der Waals surface area contributed by atoms with Gasteiger partial charge in [-0.05, 0) is 39.3 Å². The third-order valence-electron chi connectivity index (χ3n) is 3.44. The highest BCUT2D eigenvalue weighted by molar-refractivity contribution is 5.92. The van der Waals surface area contributed by atoms with E-state index in [1.165, 1.54) is 6.92 Å². The van der Waals surface area contributed by atoms with E-state index in [0.717, 1.165) is 0 Å². The molecule has 0 bridgehead atoms. The van der Waals surface area contributed by atoms with Crippen LogP contribution in [0.4, 0.5) is 0 Å². The first-order valence-corrected chi connectivity index (χ1v) is 6.57. The molecule has 0 fully saturated rings.